The van der Waals surface area contributed by atoms with Crippen molar-refractivity contribution in [1.29, 1.82) is 0 Å². The van der Waals surface area contributed by atoms with Crippen LogP contribution >= 0.6 is 27.3 Å². The van der Waals surface area contributed by atoms with E-state index < -0.39 is 11.8 Å². The molecule has 1 aromatic carbocycles. The molecule has 0 atom stereocenters. The third-order valence-electron chi connectivity index (χ3n) is 2.07. The summed E-state index contributed by atoms with van der Waals surface area (Å²) < 4.78 is 18.8. The molecule has 0 spiro atoms. The Bertz CT molecular complexity index is 588. The van der Waals surface area contributed by atoms with E-state index in [1.54, 1.807) is 12.1 Å². The summed E-state index contributed by atoms with van der Waals surface area (Å²) in [5.74, 6) is -0.865. The van der Waals surface area contributed by atoms with Crippen LogP contribution in [0.15, 0.2) is 28.9 Å². The van der Waals surface area contributed by atoms with Crippen molar-refractivity contribution in [2.75, 3.05) is 12.4 Å². The first-order chi connectivity index (χ1) is 8.60. The van der Waals surface area contributed by atoms with Crippen molar-refractivity contribution in [1.82, 2.24) is 4.98 Å². The minimum absolute atomic E-state index is 0.295. The highest BCUT2D eigenvalue weighted by Gasteiger charge is 2.11. The topological polar surface area (TPSA) is 51.2 Å². The molecule has 0 fully saturated rings. The summed E-state index contributed by atoms with van der Waals surface area (Å²) in [6.45, 7) is 0. The zero-order valence-corrected chi connectivity index (χ0v) is 11.6. The van der Waals surface area contributed by atoms with E-state index in [9.17, 15) is 9.18 Å². The van der Waals surface area contributed by atoms with Gasteiger partial charge in [0.1, 0.15) is 10.7 Å². The van der Waals surface area contributed by atoms with Crippen LogP contribution < -0.4 is 5.32 Å². The second-order valence-electron chi connectivity index (χ2n) is 3.27. The summed E-state index contributed by atoms with van der Waals surface area (Å²) >= 11 is 4.27. The van der Waals surface area contributed by atoms with Crippen molar-refractivity contribution >= 4 is 44.1 Å². The molecule has 7 heteroatoms. The van der Waals surface area contributed by atoms with Gasteiger partial charge in [-0.05, 0) is 18.2 Å². The van der Waals surface area contributed by atoms with Crippen LogP contribution in [0, 0.1) is 5.82 Å². The first-order valence-electron chi connectivity index (χ1n) is 4.86. The summed E-state index contributed by atoms with van der Waals surface area (Å²) in [7, 11) is 1.30. The number of ether oxygens (including phenoxy) is 1. The number of carbonyl (C=O) groups is 1. The SMILES string of the molecule is COC(=O)c1cnc(Nc2ccc(Br)cc2F)s1. The smallest absolute Gasteiger partial charge is 0.349 e. The van der Waals surface area contributed by atoms with Crippen molar-refractivity contribution in [2.45, 2.75) is 0 Å². The molecule has 94 valence electrons. The number of nitrogens with zero attached hydrogens (tertiary/aromatic N) is 1. The maximum Gasteiger partial charge on any atom is 0.349 e. The van der Waals surface area contributed by atoms with Gasteiger partial charge in [-0.15, -0.1) is 0 Å². The summed E-state index contributed by atoms with van der Waals surface area (Å²) in [5.41, 5.74) is 0.295. The summed E-state index contributed by atoms with van der Waals surface area (Å²) in [6.07, 6.45) is 1.38. The number of anilines is 2. The number of rotatable bonds is 3. The fourth-order valence-corrected chi connectivity index (χ4v) is 2.31. The molecular weight excluding hydrogens is 323 g/mol. The number of esters is 1. The van der Waals surface area contributed by atoms with Gasteiger partial charge in [0.05, 0.1) is 19.0 Å². The molecule has 2 aromatic rings. The third-order valence-corrected chi connectivity index (χ3v) is 3.45. The molecule has 2 rings (SSSR count). The first kappa shape index (κ1) is 13.0. The highest BCUT2D eigenvalue weighted by atomic mass is 79.9. The molecule has 4 nitrogen and oxygen atoms in total. The van der Waals surface area contributed by atoms with Gasteiger partial charge in [0.25, 0.3) is 0 Å². The number of benzene rings is 1. The third kappa shape index (κ3) is 2.85. The minimum Gasteiger partial charge on any atom is -0.465 e. The molecule has 1 N–H and O–H groups in total. The molecule has 0 aliphatic carbocycles. The number of methoxy groups -OCH3 is 1. The monoisotopic (exact) mass is 330 g/mol. The Morgan fingerprint density at radius 3 is 3.00 bits per heavy atom. The molecule has 1 aromatic heterocycles. The molecular formula is C11H8BrFN2O2S. The van der Waals surface area contributed by atoms with Crippen LogP contribution in [-0.2, 0) is 4.74 Å². The highest BCUT2D eigenvalue weighted by molar-refractivity contribution is 9.10. The van der Waals surface area contributed by atoms with Crippen molar-refractivity contribution in [3.05, 3.63) is 39.6 Å². The molecule has 0 bridgehead atoms. The van der Waals surface area contributed by atoms with Gasteiger partial charge >= 0.3 is 5.97 Å². The predicted molar refractivity (Wildman–Crippen MR) is 70.8 cm³/mol. The average Bonchev–Trinajstić information content (AvgIpc) is 2.80. The second kappa shape index (κ2) is 5.45. The molecule has 18 heavy (non-hydrogen) atoms. The van der Waals surface area contributed by atoms with E-state index in [0.29, 0.717) is 20.2 Å². The van der Waals surface area contributed by atoms with Crippen molar-refractivity contribution < 1.29 is 13.9 Å². The largest absolute Gasteiger partial charge is 0.465 e. The number of carbonyl (C=O) groups excluding carboxylic acids is 1. The number of hydrogen-bond donors (Lipinski definition) is 1. The van der Waals surface area contributed by atoms with E-state index in [4.69, 9.17) is 0 Å². The Kier molecular flexibility index (Phi) is 3.93. The minimum atomic E-state index is -0.461. The van der Waals surface area contributed by atoms with Gasteiger partial charge in [-0.3, -0.25) is 0 Å². The molecule has 0 saturated heterocycles. The van der Waals surface area contributed by atoms with Crippen LogP contribution in [0.2, 0.25) is 0 Å². The quantitative estimate of drug-likeness (QED) is 0.874. The maximum absolute atomic E-state index is 13.6. The van der Waals surface area contributed by atoms with Gasteiger partial charge in [0, 0.05) is 4.47 Å². The van der Waals surface area contributed by atoms with Gasteiger partial charge < -0.3 is 10.1 Å². The van der Waals surface area contributed by atoms with Crippen LogP contribution in [0.25, 0.3) is 0 Å². The van der Waals surface area contributed by atoms with Gasteiger partial charge in [-0.1, -0.05) is 27.3 Å². The van der Waals surface area contributed by atoms with E-state index in [0.717, 1.165) is 11.3 Å². The lowest BCUT2D eigenvalue weighted by Gasteiger charge is -2.03. The van der Waals surface area contributed by atoms with Crippen molar-refractivity contribution in [2.24, 2.45) is 0 Å². The Labute approximate surface area is 115 Å². The van der Waals surface area contributed by atoms with Crippen LogP contribution in [0.5, 0.6) is 0 Å². The summed E-state index contributed by atoms with van der Waals surface area (Å²) in [5, 5.41) is 3.23. The normalized spacial score (nSPS) is 10.2. The fourth-order valence-electron chi connectivity index (χ4n) is 1.23. The van der Waals surface area contributed by atoms with Crippen molar-refractivity contribution in [3.8, 4) is 0 Å². The first-order valence-corrected chi connectivity index (χ1v) is 6.47. The predicted octanol–water partition coefficient (Wildman–Crippen LogP) is 3.57. The molecule has 0 amide bonds. The van der Waals surface area contributed by atoms with E-state index in [1.165, 1.54) is 19.4 Å². The average molecular weight is 331 g/mol. The molecule has 0 radical (unpaired) electrons. The zero-order chi connectivity index (χ0) is 13.1. The van der Waals surface area contributed by atoms with Crippen LogP contribution in [0.4, 0.5) is 15.2 Å². The van der Waals surface area contributed by atoms with Crippen molar-refractivity contribution in [3.63, 3.8) is 0 Å². The number of nitrogens with one attached hydrogen (secondary N) is 1. The summed E-state index contributed by atoms with van der Waals surface area (Å²) in [4.78, 5) is 15.6. The Balaban J connectivity index is 2.18. The standard InChI is InChI=1S/C11H8BrFN2O2S/c1-17-10(16)9-5-14-11(18-9)15-8-3-2-6(12)4-7(8)13/h2-5H,1H3,(H,14,15). The van der Waals surface area contributed by atoms with E-state index in [1.807, 2.05) is 0 Å². The van der Waals surface area contributed by atoms with Crippen LogP contribution in [0.3, 0.4) is 0 Å². The van der Waals surface area contributed by atoms with Gasteiger partial charge in [-0.2, -0.15) is 0 Å². The number of hydrogen-bond acceptors (Lipinski definition) is 5. The van der Waals surface area contributed by atoms with Crippen LogP contribution in [0.1, 0.15) is 9.67 Å². The second-order valence-corrected chi connectivity index (χ2v) is 5.22. The molecule has 0 saturated carbocycles. The van der Waals surface area contributed by atoms with E-state index in [2.05, 4.69) is 31.0 Å². The maximum atomic E-state index is 13.6. The lowest BCUT2D eigenvalue weighted by atomic mass is 10.3. The molecule has 0 aliphatic heterocycles. The highest BCUT2D eigenvalue weighted by Crippen LogP contribution is 2.26. The summed E-state index contributed by atoms with van der Waals surface area (Å²) in [6, 6.07) is 4.63. The fraction of sp³-hybridized carbons (Fsp3) is 0.0909. The molecule has 0 aliphatic rings. The Morgan fingerprint density at radius 2 is 2.33 bits per heavy atom. The number of halogens is 2. The van der Waals surface area contributed by atoms with E-state index >= 15 is 0 Å². The Hall–Kier alpha value is -1.47. The van der Waals surface area contributed by atoms with Gasteiger partial charge in [0.15, 0.2) is 5.13 Å². The number of aromatic nitrogens is 1. The zero-order valence-electron chi connectivity index (χ0n) is 9.24. The van der Waals surface area contributed by atoms with Gasteiger partial charge in [-0.25, -0.2) is 14.2 Å². The Morgan fingerprint density at radius 1 is 1.56 bits per heavy atom. The lowest BCUT2D eigenvalue weighted by Crippen LogP contribution is -1.96. The van der Waals surface area contributed by atoms with Gasteiger partial charge in [0.2, 0.25) is 0 Å². The lowest BCUT2D eigenvalue weighted by molar-refractivity contribution is 0.0606. The number of thiazole rings is 1. The molecule has 0 unspecified atom stereocenters. The van der Waals surface area contributed by atoms with E-state index in [-0.39, 0.29) is 0 Å². The molecule has 1 heterocycles. The van der Waals surface area contributed by atoms with Crippen LogP contribution in [-0.4, -0.2) is 18.1 Å².